The number of ether oxygens (including phenoxy) is 1. The van der Waals surface area contributed by atoms with Gasteiger partial charge in [0.2, 0.25) is 0 Å². The van der Waals surface area contributed by atoms with Crippen LogP contribution >= 0.6 is 0 Å². The first kappa shape index (κ1) is 16.5. The third-order valence-electron chi connectivity index (χ3n) is 4.34. The number of carbonyl (C=O) groups excluding carboxylic acids is 1. The molecular formula is C16H18F2N4O2. The molecule has 128 valence electrons. The van der Waals surface area contributed by atoms with Crippen molar-refractivity contribution in [2.24, 2.45) is 7.05 Å². The summed E-state index contributed by atoms with van der Waals surface area (Å²) in [4.78, 5) is 14.5. The molecule has 0 spiro atoms. The van der Waals surface area contributed by atoms with Crippen LogP contribution in [0.15, 0.2) is 12.1 Å². The lowest BCUT2D eigenvalue weighted by atomic mass is 10.00. The Balaban J connectivity index is 1.99. The van der Waals surface area contributed by atoms with Gasteiger partial charge in [0.1, 0.15) is 11.7 Å². The number of fused-ring (bicyclic) bond motifs is 1. The van der Waals surface area contributed by atoms with Gasteiger partial charge in [-0.3, -0.25) is 9.48 Å². The second kappa shape index (κ2) is 6.27. The maximum Gasteiger partial charge on any atom is 0.254 e. The lowest BCUT2D eigenvalue weighted by Gasteiger charge is -2.34. The van der Waals surface area contributed by atoms with Gasteiger partial charge >= 0.3 is 0 Å². The van der Waals surface area contributed by atoms with Crippen LogP contribution in [0.5, 0.6) is 0 Å². The molecule has 0 aliphatic carbocycles. The summed E-state index contributed by atoms with van der Waals surface area (Å²) in [7, 11) is 3.34. The number of halogens is 2. The van der Waals surface area contributed by atoms with Gasteiger partial charge in [0, 0.05) is 32.7 Å². The summed E-state index contributed by atoms with van der Waals surface area (Å²) < 4.78 is 33.8. The Labute approximate surface area is 138 Å². The van der Waals surface area contributed by atoms with Gasteiger partial charge in [-0.1, -0.05) is 5.21 Å². The highest BCUT2D eigenvalue weighted by molar-refractivity contribution is 5.96. The number of rotatable bonds is 3. The van der Waals surface area contributed by atoms with Crippen molar-refractivity contribution in [1.29, 1.82) is 0 Å². The Morgan fingerprint density at radius 2 is 2.08 bits per heavy atom. The Morgan fingerprint density at radius 1 is 1.38 bits per heavy atom. The van der Waals surface area contributed by atoms with Crippen molar-refractivity contribution in [2.75, 3.05) is 20.3 Å². The maximum absolute atomic E-state index is 13.6. The first-order valence-corrected chi connectivity index (χ1v) is 7.58. The highest BCUT2D eigenvalue weighted by atomic mass is 19.2. The molecule has 0 saturated carbocycles. The molecule has 0 bridgehead atoms. The number of aromatic nitrogens is 3. The van der Waals surface area contributed by atoms with Crippen molar-refractivity contribution >= 4 is 5.91 Å². The summed E-state index contributed by atoms with van der Waals surface area (Å²) in [6.45, 7) is 2.26. The zero-order valence-electron chi connectivity index (χ0n) is 13.7. The summed E-state index contributed by atoms with van der Waals surface area (Å²) >= 11 is 0. The topological polar surface area (TPSA) is 60.3 Å². The first-order valence-electron chi connectivity index (χ1n) is 7.58. The van der Waals surface area contributed by atoms with Crippen molar-refractivity contribution in [2.45, 2.75) is 19.4 Å². The van der Waals surface area contributed by atoms with Crippen LogP contribution in [0.4, 0.5) is 8.78 Å². The molecule has 2 heterocycles. The van der Waals surface area contributed by atoms with Crippen LogP contribution in [-0.2, 0) is 18.2 Å². The first-order chi connectivity index (χ1) is 11.4. The predicted molar refractivity (Wildman–Crippen MR) is 81.5 cm³/mol. The number of amides is 1. The quantitative estimate of drug-likeness (QED) is 0.857. The number of hydrogen-bond acceptors (Lipinski definition) is 4. The van der Waals surface area contributed by atoms with E-state index in [1.807, 2.05) is 0 Å². The van der Waals surface area contributed by atoms with Crippen molar-refractivity contribution in [1.82, 2.24) is 19.9 Å². The molecule has 8 heteroatoms. The summed E-state index contributed by atoms with van der Waals surface area (Å²) in [5.41, 5.74) is 2.16. The molecule has 6 nitrogen and oxygen atoms in total. The van der Waals surface area contributed by atoms with Gasteiger partial charge in [0.15, 0.2) is 11.6 Å². The summed E-state index contributed by atoms with van der Waals surface area (Å²) in [5.74, 6) is -2.37. The van der Waals surface area contributed by atoms with E-state index in [2.05, 4.69) is 10.3 Å². The van der Waals surface area contributed by atoms with Gasteiger partial charge in [-0.15, -0.1) is 5.10 Å². The fraction of sp³-hybridized carbons (Fsp3) is 0.438. The second-order valence-corrected chi connectivity index (χ2v) is 5.85. The minimum absolute atomic E-state index is 0.141. The van der Waals surface area contributed by atoms with Crippen molar-refractivity contribution in [3.8, 4) is 0 Å². The Bertz CT molecular complexity index is 791. The smallest absolute Gasteiger partial charge is 0.254 e. The maximum atomic E-state index is 13.6. The number of methoxy groups -OCH3 is 1. The molecule has 3 rings (SSSR count). The minimum Gasteiger partial charge on any atom is -0.382 e. The summed E-state index contributed by atoms with van der Waals surface area (Å²) in [5, 5.41) is 8.15. The van der Waals surface area contributed by atoms with Crippen molar-refractivity contribution < 1.29 is 18.3 Å². The van der Waals surface area contributed by atoms with E-state index < -0.39 is 17.7 Å². The van der Waals surface area contributed by atoms with Crippen LogP contribution < -0.4 is 0 Å². The van der Waals surface area contributed by atoms with Crippen LogP contribution in [0.1, 0.15) is 33.4 Å². The monoisotopic (exact) mass is 336 g/mol. The van der Waals surface area contributed by atoms with Crippen LogP contribution in [0, 0.1) is 18.6 Å². The molecule has 0 saturated heterocycles. The lowest BCUT2D eigenvalue weighted by molar-refractivity contribution is 0.0489. The van der Waals surface area contributed by atoms with Crippen molar-refractivity contribution in [3.05, 3.63) is 46.3 Å². The SMILES string of the molecule is COCC1c2nnn(C)c2CCN1C(=O)c1cc(F)c(F)cc1C. The van der Waals surface area contributed by atoms with E-state index in [4.69, 9.17) is 4.74 Å². The molecule has 1 unspecified atom stereocenters. The predicted octanol–water partition coefficient (Wildman–Crippen LogP) is 1.79. The number of aryl methyl sites for hydroxylation is 2. The third kappa shape index (κ3) is 2.66. The van der Waals surface area contributed by atoms with E-state index in [1.54, 1.807) is 23.6 Å². The van der Waals surface area contributed by atoms with Crippen LogP contribution in [-0.4, -0.2) is 46.1 Å². The van der Waals surface area contributed by atoms with Crippen molar-refractivity contribution in [3.63, 3.8) is 0 Å². The Hall–Kier alpha value is -2.35. The normalized spacial score (nSPS) is 17.0. The zero-order valence-corrected chi connectivity index (χ0v) is 13.7. The average molecular weight is 336 g/mol. The third-order valence-corrected chi connectivity index (χ3v) is 4.34. The second-order valence-electron chi connectivity index (χ2n) is 5.85. The van der Waals surface area contributed by atoms with Gasteiger partial charge in [-0.05, 0) is 24.6 Å². The van der Waals surface area contributed by atoms with Gasteiger partial charge in [0.25, 0.3) is 5.91 Å². The van der Waals surface area contributed by atoms with Gasteiger partial charge in [0.05, 0.1) is 12.3 Å². The standard InChI is InChI=1S/C16H18F2N4O2/c1-9-6-11(17)12(18)7-10(9)16(23)22-5-4-13-15(14(22)8-24-3)19-20-21(13)2/h6-7,14H,4-5,8H2,1-3H3. The van der Waals surface area contributed by atoms with E-state index in [1.165, 1.54) is 7.11 Å². The molecule has 24 heavy (non-hydrogen) atoms. The van der Waals surface area contributed by atoms with E-state index in [0.717, 1.165) is 17.8 Å². The molecule has 0 fully saturated rings. The largest absolute Gasteiger partial charge is 0.382 e. The molecule has 0 radical (unpaired) electrons. The van der Waals surface area contributed by atoms with Crippen LogP contribution in [0.2, 0.25) is 0 Å². The molecule has 1 aromatic heterocycles. The van der Waals surface area contributed by atoms with E-state index in [-0.39, 0.29) is 18.1 Å². The highest BCUT2D eigenvalue weighted by Gasteiger charge is 2.35. The van der Waals surface area contributed by atoms with Gasteiger partial charge < -0.3 is 9.64 Å². The summed E-state index contributed by atoms with van der Waals surface area (Å²) in [6, 6.07) is 1.57. The molecule has 1 amide bonds. The molecular weight excluding hydrogens is 318 g/mol. The van der Waals surface area contributed by atoms with Crippen LogP contribution in [0.3, 0.4) is 0 Å². The lowest BCUT2D eigenvalue weighted by Crippen LogP contribution is -2.42. The Kier molecular flexibility index (Phi) is 4.31. The van der Waals surface area contributed by atoms with Crippen LogP contribution in [0.25, 0.3) is 0 Å². The fourth-order valence-electron chi connectivity index (χ4n) is 3.07. The minimum atomic E-state index is -1.04. The van der Waals surface area contributed by atoms with E-state index in [9.17, 15) is 13.6 Å². The summed E-state index contributed by atoms with van der Waals surface area (Å²) in [6.07, 6.45) is 0.591. The Morgan fingerprint density at radius 3 is 2.79 bits per heavy atom. The number of nitrogens with zero attached hydrogens (tertiary/aromatic N) is 4. The van der Waals surface area contributed by atoms with Gasteiger partial charge in [-0.2, -0.15) is 0 Å². The molecule has 2 aromatic rings. The number of carbonyl (C=O) groups is 1. The van der Waals surface area contributed by atoms with Gasteiger partial charge in [-0.25, -0.2) is 8.78 Å². The molecule has 0 N–H and O–H groups in total. The highest BCUT2D eigenvalue weighted by Crippen LogP contribution is 2.30. The fourth-order valence-corrected chi connectivity index (χ4v) is 3.07. The molecule has 1 atom stereocenters. The molecule has 1 aromatic carbocycles. The number of benzene rings is 1. The number of hydrogen-bond donors (Lipinski definition) is 0. The van der Waals surface area contributed by atoms with E-state index >= 15 is 0 Å². The zero-order chi connectivity index (χ0) is 17.4. The van der Waals surface area contributed by atoms with E-state index in [0.29, 0.717) is 24.2 Å². The molecule has 1 aliphatic heterocycles. The average Bonchev–Trinajstić information content (AvgIpc) is 2.93. The molecule has 1 aliphatic rings.